The Morgan fingerprint density at radius 1 is 1.03 bits per heavy atom. The van der Waals surface area contributed by atoms with Crippen LogP contribution >= 0.6 is 0 Å². The summed E-state index contributed by atoms with van der Waals surface area (Å²) in [5.74, 6) is -1.61. The number of anilines is 1. The SMILES string of the molecule is N#CC(=C1CCN(C(=O)C(=O)C2CNc3c(-c4cnccn4)ccnc32)CC1)c1ccccc1. The molecular formula is C26H22N6O2. The molecule has 2 aliphatic rings. The van der Waals surface area contributed by atoms with Crippen LogP contribution in [0.25, 0.3) is 16.8 Å². The Morgan fingerprint density at radius 2 is 1.82 bits per heavy atom. The summed E-state index contributed by atoms with van der Waals surface area (Å²) < 4.78 is 0. The van der Waals surface area contributed by atoms with Gasteiger partial charge in [-0.15, -0.1) is 0 Å². The summed E-state index contributed by atoms with van der Waals surface area (Å²) in [7, 11) is 0. The van der Waals surface area contributed by atoms with Crippen molar-refractivity contribution in [1.29, 1.82) is 5.26 Å². The lowest BCUT2D eigenvalue weighted by Crippen LogP contribution is -2.42. The number of ketones is 1. The lowest BCUT2D eigenvalue weighted by molar-refractivity contribution is -0.145. The lowest BCUT2D eigenvalue weighted by atomic mass is 9.93. The van der Waals surface area contributed by atoms with Crippen molar-refractivity contribution in [3.05, 3.63) is 78.0 Å². The van der Waals surface area contributed by atoms with Crippen LogP contribution in [0.3, 0.4) is 0 Å². The van der Waals surface area contributed by atoms with Gasteiger partial charge in [0.1, 0.15) is 0 Å². The minimum atomic E-state index is -0.643. The summed E-state index contributed by atoms with van der Waals surface area (Å²) in [6.07, 6.45) is 7.64. The average molecular weight is 451 g/mol. The number of Topliss-reactive ketones (excluding diaryl/α,β-unsaturated/α-hetero) is 1. The summed E-state index contributed by atoms with van der Waals surface area (Å²) in [6.45, 7) is 1.14. The highest BCUT2D eigenvalue weighted by Crippen LogP contribution is 2.38. The summed E-state index contributed by atoms with van der Waals surface area (Å²) in [6, 6.07) is 13.7. The number of nitrogens with zero attached hydrogens (tertiary/aromatic N) is 5. The van der Waals surface area contributed by atoms with Crippen molar-refractivity contribution >= 4 is 23.0 Å². The summed E-state index contributed by atoms with van der Waals surface area (Å²) in [5, 5.41) is 12.9. The molecule has 0 spiro atoms. The Kier molecular flexibility index (Phi) is 5.83. The first kappa shape index (κ1) is 21.5. The van der Waals surface area contributed by atoms with Crippen LogP contribution in [0.5, 0.6) is 0 Å². The topological polar surface area (TPSA) is 112 Å². The zero-order valence-electron chi connectivity index (χ0n) is 18.4. The van der Waals surface area contributed by atoms with Crippen LogP contribution in [0.15, 0.2) is 66.8 Å². The second kappa shape index (κ2) is 9.24. The van der Waals surface area contributed by atoms with E-state index >= 15 is 0 Å². The molecule has 1 amide bonds. The molecule has 0 radical (unpaired) electrons. The highest BCUT2D eigenvalue weighted by molar-refractivity contribution is 6.38. The van der Waals surface area contributed by atoms with Crippen molar-refractivity contribution in [2.45, 2.75) is 18.8 Å². The summed E-state index contributed by atoms with van der Waals surface area (Å²) >= 11 is 0. The normalized spacial score (nSPS) is 16.9. The zero-order chi connectivity index (χ0) is 23.5. The van der Waals surface area contributed by atoms with Crippen LogP contribution in [0.2, 0.25) is 0 Å². The first-order chi connectivity index (χ1) is 16.7. The minimum absolute atomic E-state index is 0.315. The van der Waals surface area contributed by atoms with Crippen LogP contribution in [-0.4, -0.2) is 51.2 Å². The second-order valence-corrected chi connectivity index (χ2v) is 8.26. The van der Waals surface area contributed by atoms with Gasteiger partial charge in [0.05, 0.1) is 40.8 Å². The largest absolute Gasteiger partial charge is 0.382 e. The molecule has 34 heavy (non-hydrogen) atoms. The van der Waals surface area contributed by atoms with E-state index in [0.29, 0.717) is 49.4 Å². The van der Waals surface area contributed by atoms with Gasteiger partial charge in [-0.25, -0.2) is 0 Å². The number of fused-ring (bicyclic) bond motifs is 1. The molecule has 3 aromatic rings. The van der Waals surface area contributed by atoms with Gasteiger partial charge in [-0.05, 0) is 30.0 Å². The number of allylic oxidation sites excluding steroid dienone is 1. The molecule has 4 heterocycles. The van der Waals surface area contributed by atoms with Gasteiger partial charge in [0, 0.05) is 43.8 Å². The minimum Gasteiger partial charge on any atom is -0.382 e. The number of carbonyl (C=O) groups is 2. The third-order valence-corrected chi connectivity index (χ3v) is 6.34. The van der Waals surface area contributed by atoms with Gasteiger partial charge < -0.3 is 10.2 Å². The van der Waals surface area contributed by atoms with E-state index in [1.165, 1.54) is 0 Å². The fraction of sp³-hybridized carbons (Fsp3) is 0.231. The van der Waals surface area contributed by atoms with Gasteiger partial charge in [0.25, 0.3) is 5.91 Å². The fourth-order valence-corrected chi connectivity index (χ4v) is 4.58. The number of hydrogen-bond donors (Lipinski definition) is 1. The number of pyridine rings is 1. The Morgan fingerprint density at radius 3 is 2.53 bits per heavy atom. The van der Waals surface area contributed by atoms with Crippen molar-refractivity contribution < 1.29 is 9.59 Å². The number of piperidine rings is 1. The maximum absolute atomic E-state index is 13.2. The molecule has 0 saturated carbocycles. The molecule has 2 aromatic heterocycles. The van der Waals surface area contributed by atoms with Crippen molar-refractivity contribution in [1.82, 2.24) is 19.9 Å². The van der Waals surface area contributed by atoms with Crippen LogP contribution < -0.4 is 5.32 Å². The van der Waals surface area contributed by atoms with Crippen LogP contribution in [0.1, 0.15) is 30.0 Å². The molecule has 1 aromatic carbocycles. The predicted octanol–water partition coefficient (Wildman–Crippen LogP) is 3.22. The Labute approximate surface area is 197 Å². The van der Waals surface area contributed by atoms with Crippen molar-refractivity contribution in [3.63, 3.8) is 0 Å². The number of amides is 1. The highest BCUT2D eigenvalue weighted by atomic mass is 16.2. The highest BCUT2D eigenvalue weighted by Gasteiger charge is 2.38. The maximum atomic E-state index is 13.2. The molecular weight excluding hydrogens is 428 g/mol. The third kappa shape index (κ3) is 3.92. The Bertz CT molecular complexity index is 1300. The van der Waals surface area contributed by atoms with Crippen LogP contribution in [-0.2, 0) is 9.59 Å². The number of likely N-dealkylation sites (tertiary alicyclic amines) is 1. The number of carbonyl (C=O) groups excluding carboxylic acids is 2. The zero-order valence-corrected chi connectivity index (χ0v) is 18.4. The summed E-state index contributed by atoms with van der Waals surface area (Å²) in [5.41, 5.74) is 5.33. The van der Waals surface area contributed by atoms with Gasteiger partial charge in [-0.3, -0.25) is 24.5 Å². The smallest absolute Gasteiger partial charge is 0.290 e. The van der Waals surface area contributed by atoms with E-state index in [9.17, 15) is 14.9 Å². The number of nitrogens with one attached hydrogen (secondary N) is 1. The molecule has 0 aliphatic carbocycles. The average Bonchev–Trinajstić information content (AvgIpc) is 3.34. The van der Waals surface area contributed by atoms with Gasteiger partial charge in [0.2, 0.25) is 5.78 Å². The van der Waals surface area contributed by atoms with Gasteiger partial charge in [-0.1, -0.05) is 30.3 Å². The fourth-order valence-electron chi connectivity index (χ4n) is 4.58. The van der Waals surface area contributed by atoms with E-state index in [1.807, 2.05) is 36.4 Å². The van der Waals surface area contributed by atoms with Gasteiger partial charge in [0.15, 0.2) is 0 Å². The van der Waals surface area contributed by atoms with Crippen LogP contribution in [0, 0.1) is 11.3 Å². The number of benzene rings is 1. The molecule has 8 heteroatoms. The lowest BCUT2D eigenvalue weighted by Gasteiger charge is -2.29. The Hall–Kier alpha value is -4.38. The molecule has 1 N–H and O–H groups in total. The number of rotatable bonds is 4. The first-order valence-corrected chi connectivity index (χ1v) is 11.2. The van der Waals surface area contributed by atoms with Gasteiger partial charge >= 0.3 is 0 Å². The van der Waals surface area contributed by atoms with Gasteiger partial charge in [-0.2, -0.15) is 5.26 Å². The van der Waals surface area contributed by atoms with Crippen LogP contribution in [0.4, 0.5) is 5.69 Å². The Balaban J connectivity index is 1.31. The standard InChI is InChI=1S/C26H22N6O2/c27-14-20(17-4-2-1-3-5-17)18-7-12-32(13-8-18)26(34)25(33)21-15-31-23-19(6-9-30-24(21)23)22-16-28-10-11-29-22/h1-6,9-11,16,21,31H,7-8,12-13,15H2. The molecule has 5 rings (SSSR count). The van der Waals surface area contributed by atoms with E-state index in [4.69, 9.17) is 0 Å². The van der Waals surface area contributed by atoms with E-state index in [1.54, 1.807) is 29.7 Å². The monoisotopic (exact) mass is 450 g/mol. The number of aromatic nitrogens is 3. The van der Waals surface area contributed by atoms with E-state index < -0.39 is 17.6 Å². The molecule has 1 fully saturated rings. The predicted molar refractivity (Wildman–Crippen MR) is 126 cm³/mol. The molecule has 8 nitrogen and oxygen atoms in total. The number of hydrogen-bond acceptors (Lipinski definition) is 7. The quantitative estimate of drug-likeness (QED) is 0.480. The third-order valence-electron chi connectivity index (χ3n) is 6.34. The van der Waals surface area contributed by atoms with E-state index in [2.05, 4.69) is 26.3 Å². The van der Waals surface area contributed by atoms with Crippen molar-refractivity contribution in [2.75, 3.05) is 25.0 Å². The molecule has 1 atom stereocenters. The molecule has 0 bridgehead atoms. The van der Waals surface area contributed by atoms with Crippen molar-refractivity contribution in [3.8, 4) is 17.3 Å². The first-order valence-electron chi connectivity index (χ1n) is 11.2. The molecule has 2 aliphatic heterocycles. The molecule has 1 unspecified atom stereocenters. The molecule has 168 valence electrons. The van der Waals surface area contributed by atoms with E-state index in [0.717, 1.165) is 22.4 Å². The molecule has 1 saturated heterocycles. The maximum Gasteiger partial charge on any atom is 0.290 e. The summed E-state index contributed by atoms with van der Waals surface area (Å²) in [4.78, 5) is 40.7. The number of nitriles is 1. The van der Waals surface area contributed by atoms with Crippen molar-refractivity contribution in [2.24, 2.45) is 0 Å². The second-order valence-electron chi connectivity index (χ2n) is 8.26. The van der Waals surface area contributed by atoms with E-state index in [-0.39, 0.29) is 0 Å².